The summed E-state index contributed by atoms with van der Waals surface area (Å²) in [5.41, 5.74) is 2.99. The van der Waals surface area contributed by atoms with Crippen molar-refractivity contribution < 1.29 is 8.42 Å². The molecule has 0 unspecified atom stereocenters. The lowest BCUT2D eigenvalue weighted by Gasteiger charge is -2.17. The van der Waals surface area contributed by atoms with E-state index in [1.54, 1.807) is 10.4 Å². The van der Waals surface area contributed by atoms with Crippen molar-refractivity contribution >= 4 is 21.8 Å². The molecule has 0 aromatic heterocycles. The van der Waals surface area contributed by atoms with Crippen molar-refractivity contribution in [1.29, 1.82) is 0 Å². The second-order valence-electron chi connectivity index (χ2n) is 6.06. The number of hydrogen-bond donors (Lipinski definition) is 0. The van der Waals surface area contributed by atoms with Crippen molar-refractivity contribution in [3.05, 3.63) is 71.1 Å². The van der Waals surface area contributed by atoms with Crippen LogP contribution in [0.2, 0.25) is 0 Å². The summed E-state index contributed by atoms with van der Waals surface area (Å²) in [4.78, 5) is 0. The Balaban J connectivity index is 1.69. The van der Waals surface area contributed by atoms with E-state index in [9.17, 15) is 8.42 Å². The van der Waals surface area contributed by atoms with Gasteiger partial charge in [0.1, 0.15) is 0 Å². The van der Waals surface area contributed by atoms with Gasteiger partial charge in [-0.05, 0) is 36.1 Å². The Morgan fingerprint density at radius 1 is 0.955 bits per heavy atom. The van der Waals surface area contributed by atoms with Gasteiger partial charge in [0, 0.05) is 12.0 Å². The zero-order valence-electron chi connectivity index (χ0n) is 12.1. The Hall–Kier alpha value is -2.07. The number of benzene rings is 2. The van der Waals surface area contributed by atoms with Gasteiger partial charge in [-0.3, -0.25) is 4.31 Å². The molecule has 0 N–H and O–H groups in total. The van der Waals surface area contributed by atoms with E-state index in [0.29, 0.717) is 6.54 Å². The van der Waals surface area contributed by atoms with E-state index in [-0.39, 0.29) is 5.41 Å². The fourth-order valence-electron chi connectivity index (χ4n) is 3.19. The highest BCUT2D eigenvalue weighted by Crippen LogP contribution is 2.57. The minimum Gasteiger partial charge on any atom is -0.266 e. The fraction of sp³-hybridized carbons (Fsp3) is 0.222. The SMILES string of the molecule is O=S(=O)(C=Cc1ccccc1)N1CC2(CC2)c2ccccc21. The molecule has 112 valence electrons. The topological polar surface area (TPSA) is 37.4 Å². The molecule has 1 saturated carbocycles. The third-order valence-electron chi connectivity index (χ3n) is 4.58. The molecule has 0 atom stereocenters. The average Bonchev–Trinajstić information content (AvgIpc) is 3.24. The van der Waals surface area contributed by atoms with E-state index < -0.39 is 10.0 Å². The maximum absolute atomic E-state index is 12.7. The molecular weight excluding hydrogens is 294 g/mol. The third-order valence-corrected chi connectivity index (χ3v) is 6.00. The highest BCUT2D eigenvalue weighted by Gasteiger charge is 2.53. The molecule has 0 saturated heterocycles. The largest absolute Gasteiger partial charge is 0.266 e. The fourth-order valence-corrected chi connectivity index (χ4v) is 4.53. The predicted molar refractivity (Wildman–Crippen MR) is 89.1 cm³/mol. The lowest BCUT2D eigenvalue weighted by atomic mass is 9.99. The second-order valence-corrected chi connectivity index (χ2v) is 7.81. The van der Waals surface area contributed by atoms with E-state index in [1.165, 1.54) is 11.0 Å². The number of rotatable bonds is 3. The van der Waals surface area contributed by atoms with Gasteiger partial charge in [-0.1, -0.05) is 48.5 Å². The number of sulfonamides is 1. The second kappa shape index (κ2) is 4.71. The predicted octanol–water partition coefficient (Wildman–Crippen LogP) is 3.54. The van der Waals surface area contributed by atoms with Crippen molar-refractivity contribution in [2.24, 2.45) is 0 Å². The first-order chi connectivity index (χ1) is 10.6. The van der Waals surface area contributed by atoms with Crippen LogP contribution in [0.5, 0.6) is 0 Å². The molecule has 0 amide bonds. The monoisotopic (exact) mass is 311 g/mol. The van der Waals surface area contributed by atoms with Crippen LogP contribution < -0.4 is 4.31 Å². The van der Waals surface area contributed by atoms with Crippen LogP contribution in [0.25, 0.3) is 6.08 Å². The van der Waals surface area contributed by atoms with Crippen LogP contribution in [-0.4, -0.2) is 15.0 Å². The Bertz CT molecular complexity index is 836. The molecule has 2 aromatic rings. The third kappa shape index (κ3) is 2.15. The van der Waals surface area contributed by atoms with Gasteiger partial charge in [-0.2, -0.15) is 0 Å². The zero-order valence-corrected chi connectivity index (χ0v) is 13.0. The van der Waals surface area contributed by atoms with Crippen LogP contribution in [0.15, 0.2) is 60.0 Å². The molecule has 2 aromatic carbocycles. The van der Waals surface area contributed by atoms with E-state index in [0.717, 1.165) is 24.1 Å². The van der Waals surface area contributed by atoms with Gasteiger partial charge in [0.15, 0.2) is 0 Å². The van der Waals surface area contributed by atoms with Crippen LogP contribution in [-0.2, 0) is 15.4 Å². The molecule has 2 aliphatic rings. The van der Waals surface area contributed by atoms with Gasteiger partial charge in [-0.15, -0.1) is 0 Å². The lowest BCUT2D eigenvalue weighted by molar-refractivity contribution is 0.597. The maximum atomic E-state index is 12.7. The Morgan fingerprint density at radius 3 is 2.36 bits per heavy atom. The van der Waals surface area contributed by atoms with Crippen molar-refractivity contribution in [1.82, 2.24) is 0 Å². The summed E-state index contributed by atoms with van der Waals surface area (Å²) in [5, 5.41) is 1.32. The smallest absolute Gasteiger partial charge is 0.257 e. The molecular formula is C18H17NO2S. The first-order valence-electron chi connectivity index (χ1n) is 7.46. The van der Waals surface area contributed by atoms with Crippen LogP contribution >= 0.6 is 0 Å². The first-order valence-corrected chi connectivity index (χ1v) is 8.97. The van der Waals surface area contributed by atoms with Gasteiger partial charge in [0.05, 0.1) is 11.1 Å². The number of anilines is 1. The summed E-state index contributed by atoms with van der Waals surface area (Å²) in [7, 11) is -3.45. The van der Waals surface area contributed by atoms with Gasteiger partial charge in [0.25, 0.3) is 10.0 Å². The van der Waals surface area contributed by atoms with Gasteiger partial charge < -0.3 is 0 Å². The van der Waals surface area contributed by atoms with E-state index in [4.69, 9.17) is 0 Å². The first kappa shape index (κ1) is 13.6. The number of para-hydroxylation sites is 1. The van der Waals surface area contributed by atoms with Crippen molar-refractivity contribution in [2.75, 3.05) is 10.8 Å². The highest BCUT2D eigenvalue weighted by molar-refractivity contribution is 7.95. The van der Waals surface area contributed by atoms with Crippen LogP contribution in [0, 0.1) is 0 Å². The van der Waals surface area contributed by atoms with E-state index in [1.807, 2.05) is 48.5 Å². The summed E-state index contributed by atoms with van der Waals surface area (Å²) in [6.07, 6.45) is 3.83. The molecule has 1 spiro atoms. The summed E-state index contributed by atoms with van der Waals surface area (Å²) in [5.74, 6) is 0. The van der Waals surface area contributed by atoms with Crippen molar-refractivity contribution in [3.8, 4) is 0 Å². The van der Waals surface area contributed by atoms with E-state index >= 15 is 0 Å². The molecule has 3 nitrogen and oxygen atoms in total. The molecule has 1 aliphatic carbocycles. The Kier molecular flexibility index (Phi) is 2.91. The normalized spacial score (nSPS) is 18.8. The summed E-state index contributed by atoms with van der Waals surface area (Å²) < 4.78 is 27.0. The van der Waals surface area contributed by atoms with Crippen molar-refractivity contribution in [2.45, 2.75) is 18.3 Å². The quantitative estimate of drug-likeness (QED) is 0.869. The Labute approximate surface area is 130 Å². The molecule has 0 bridgehead atoms. The van der Waals surface area contributed by atoms with Gasteiger partial charge >= 0.3 is 0 Å². The molecule has 1 aliphatic heterocycles. The lowest BCUT2D eigenvalue weighted by Crippen LogP contribution is -2.29. The molecule has 1 fully saturated rings. The average molecular weight is 311 g/mol. The minimum absolute atomic E-state index is 0.0737. The van der Waals surface area contributed by atoms with Crippen LogP contribution in [0.1, 0.15) is 24.0 Å². The van der Waals surface area contributed by atoms with Gasteiger partial charge in [-0.25, -0.2) is 8.42 Å². The van der Waals surface area contributed by atoms with E-state index in [2.05, 4.69) is 6.07 Å². The van der Waals surface area contributed by atoms with Crippen LogP contribution in [0.4, 0.5) is 5.69 Å². The standard InChI is InChI=1S/C18H17NO2S/c20-22(21,13-10-15-6-2-1-3-7-15)19-14-18(11-12-18)16-8-4-5-9-17(16)19/h1-10,13H,11-12,14H2. The summed E-state index contributed by atoms with van der Waals surface area (Å²) in [6.45, 7) is 0.577. The number of fused-ring (bicyclic) bond motifs is 2. The minimum atomic E-state index is -3.45. The maximum Gasteiger partial charge on any atom is 0.257 e. The summed E-state index contributed by atoms with van der Waals surface area (Å²) in [6, 6.07) is 17.4. The van der Waals surface area contributed by atoms with Crippen LogP contribution in [0.3, 0.4) is 0 Å². The molecule has 1 heterocycles. The molecule has 4 rings (SSSR count). The van der Waals surface area contributed by atoms with Gasteiger partial charge in [0.2, 0.25) is 0 Å². The summed E-state index contributed by atoms with van der Waals surface area (Å²) >= 11 is 0. The molecule has 4 heteroatoms. The highest BCUT2D eigenvalue weighted by atomic mass is 32.2. The molecule has 0 radical (unpaired) electrons. The number of hydrogen-bond acceptors (Lipinski definition) is 2. The molecule has 22 heavy (non-hydrogen) atoms. The van der Waals surface area contributed by atoms with Crippen molar-refractivity contribution in [3.63, 3.8) is 0 Å². The zero-order chi connectivity index (χ0) is 15.2. The Morgan fingerprint density at radius 2 is 1.64 bits per heavy atom. The number of nitrogens with zero attached hydrogens (tertiary/aromatic N) is 1.